The lowest BCUT2D eigenvalue weighted by atomic mass is 10.1. The molecule has 0 unspecified atom stereocenters. The molecule has 1 aliphatic heterocycles. The van der Waals surface area contributed by atoms with Gasteiger partial charge in [0.1, 0.15) is 0 Å². The highest BCUT2D eigenvalue weighted by molar-refractivity contribution is 5.87. The molecule has 0 bridgehead atoms. The average Bonchev–Trinajstić information content (AvgIpc) is 3.02. The molecule has 1 aromatic heterocycles. The number of anilines is 1. The van der Waals surface area contributed by atoms with Gasteiger partial charge in [0.05, 0.1) is 19.7 Å². The van der Waals surface area contributed by atoms with Gasteiger partial charge in [-0.15, -0.1) is 0 Å². The van der Waals surface area contributed by atoms with Crippen molar-refractivity contribution in [3.05, 3.63) is 48.2 Å². The predicted octanol–water partition coefficient (Wildman–Crippen LogP) is 3.88. The number of methoxy groups -OCH3 is 2. The highest BCUT2D eigenvalue weighted by atomic mass is 16.5. The molecule has 1 aliphatic rings. The molecule has 0 saturated carbocycles. The van der Waals surface area contributed by atoms with E-state index in [1.807, 2.05) is 12.1 Å². The van der Waals surface area contributed by atoms with Gasteiger partial charge in [0.2, 0.25) is 0 Å². The molecular weight excluding hydrogens is 338 g/mol. The molecule has 2 heterocycles. The average molecular weight is 365 g/mol. The van der Waals surface area contributed by atoms with Gasteiger partial charge in [0.25, 0.3) is 0 Å². The number of hydrogen-bond donors (Lipinski definition) is 1. The molecule has 3 aromatic rings. The Bertz CT molecular complexity index is 938. The van der Waals surface area contributed by atoms with Gasteiger partial charge < -0.3 is 24.7 Å². The van der Waals surface area contributed by atoms with Crippen molar-refractivity contribution in [1.82, 2.24) is 4.57 Å². The minimum atomic E-state index is 0.349. The van der Waals surface area contributed by atoms with E-state index in [0.717, 1.165) is 54.0 Å². The third-order valence-electron chi connectivity index (χ3n) is 5.50. The van der Waals surface area contributed by atoms with E-state index in [1.54, 1.807) is 14.2 Å². The topological polar surface area (TPSA) is 52.7 Å². The van der Waals surface area contributed by atoms with Crippen molar-refractivity contribution in [3.8, 4) is 17.2 Å². The number of benzene rings is 2. The maximum atomic E-state index is 6.03. The number of aromatic nitrogens is 1. The van der Waals surface area contributed by atoms with Crippen molar-refractivity contribution in [1.29, 1.82) is 0 Å². The summed E-state index contributed by atoms with van der Waals surface area (Å²) in [4.78, 5) is 2.42. The fourth-order valence-corrected chi connectivity index (χ4v) is 3.99. The van der Waals surface area contributed by atoms with Crippen LogP contribution in [0.15, 0.2) is 42.5 Å². The van der Waals surface area contributed by atoms with Crippen LogP contribution < -0.4 is 20.1 Å². The SMILES string of the molecule is COc1cc2cc(C)n(-c3ccc(N4CCC(N)CC4)cc3)c2cc1OC. The lowest BCUT2D eigenvalue weighted by molar-refractivity contribution is 0.356. The van der Waals surface area contributed by atoms with Crippen LogP contribution in [0.2, 0.25) is 0 Å². The van der Waals surface area contributed by atoms with E-state index in [2.05, 4.69) is 46.7 Å². The van der Waals surface area contributed by atoms with Crippen LogP contribution in [0.4, 0.5) is 5.69 Å². The van der Waals surface area contributed by atoms with Crippen molar-refractivity contribution in [3.63, 3.8) is 0 Å². The predicted molar refractivity (Wildman–Crippen MR) is 111 cm³/mol. The Morgan fingerprint density at radius 2 is 1.48 bits per heavy atom. The van der Waals surface area contributed by atoms with Crippen LogP contribution in [0.25, 0.3) is 16.6 Å². The van der Waals surface area contributed by atoms with E-state index in [0.29, 0.717) is 6.04 Å². The van der Waals surface area contributed by atoms with Crippen molar-refractivity contribution in [2.24, 2.45) is 5.73 Å². The second-order valence-electron chi connectivity index (χ2n) is 7.23. The molecule has 142 valence electrons. The molecular formula is C22H27N3O2. The van der Waals surface area contributed by atoms with Gasteiger partial charge in [-0.2, -0.15) is 0 Å². The molecule has 0 radical (unpaired) electrons. The summed E-state index contributed by atoms with van der Waals surface area (Å²) in [6.07, 6.45) is 2.12. The minimum Gasteiger partial charge on any atom is -0.493 e. The van der Waals surface area contributed by atoms with E-state index < -0.39 is 0 Å². The summed E-state index contributed by atoms with van der Waals surface area (Å²) >= 11 is 0. The second kappa shape index (κ2) is 7.16. The van der Waals surface area contributed by atoms with Crippen LogP contribution in [0.3, 0.4) is 0 Å². The molecule has 0 amide bonds. The lowest BCUT2D eigenvalue weighted by Crippen LogP contribution is -2.39. The normalized spacial score (nSPS) is 15.3. The molecule has 1 saturated heterocycles. The largest absolute Gasteiger partial charge is 0.493 e. The number of piperidine rings is 1. The third kappa shape index (κ3) is 3.23. The fraction of sp³-hybridized carbons (Fsp3) is 0.364. The second-order valence-corrected chi connectivity index (χ2v) is 7.23. The summed E-state index contributed by atoms with van der Waals surface area (Å²) < 4.78 is 13.2. The molecule has 0 aliphatic carbocycles. The molecule has 0 atom stereocenters. The van der Waals surface area contributed by atoms with Gasteiger partial charge in [-0.05, 0) is 56.2 Å². The van der Waals surface area contributed by atoms with Gasteiger partial charge >= 0.3 is 0 Å². The van der Waals surface area contributed by atoms with Crippen LogP contribution in [-0.2, 0) is 0 Å². The van der Waals surface area contributed by atoms with Crippen molar-refractivity contribution in [2.75, 3.05) is 32.2 Å². The minimum absolute atomic E-state index is 0.349. The van der Waals surface area contributed by atoms with Crippen LogP contribution in [0, 0.1) is 6.92 Å². The molecule has 27 heavy (non-hydrogen) atoms. The molecule has 5 nitrogen and oxygen atoms in total. The Morgan fingerprint density at radius 3 is 2.11 bits per heavy atom. The zero-order chi connectivity index (χ0) is 19.0. The Balaban J connectivity index is 1.70. The number of hydrogen-bond acceptors (Lipinski definition) is 4. The Morgan fingerprint density at radius 1 is 0.889 bits per heavy atom. The Labute approximate surface area is 160 Å². The van der Waals surface area contributed by atoms with Crippen LogP contribution in [0.1, 0.15) is 18.5 Å². The van der Waals surface area contributed by atoms with E-state index in [9.17, 15) is 0 Å². The Hall–Kier alpha value is -2.66. The maximum absolute atomic E-state index is 6.03. The summed E-state index contributed by atoms with van der Waals surface area (Å²) in [7, 11) is 3.34. The monoisotopic (exact) mass is 365 g/mol. The molecule has 2 N–H and O–H groups in total. The third-order valence-corrected chi connectivity index (χ3v) is 5.50. The lowest BCUT2D eigenvalue weighted by Gasteiger charge is -2.32. The molecule has 4 rings (SSSR count). The number of rotatable bonds is 4. The number of aryl methyl sites for hydroxylation is 1. The number of nitrogens with two attached hydrogens (primary N) is 1. The molecule has 1 fully saturated rings. The number of fused-ring (bicyclic) bond motifs is 1. The standard InChI is InChI=1S/C22H27N3O2/c1-15-12-16-13-21(26-2)22(27-3)14-20(16)25(15)19-6-4-18(5-7-19)24-10-8-17(23)9-11-24/h4-7,12-14,17H,8-11,23H2,1-3H3. The summed E-state index contributed by atoms with van der Waals surface area (Å²) in [6.45, 7) is 4.19. The quantitative estimate of drug-likeness (QED) is 0.762. The summed E-state index contributed by atoms with van der Waals surface area (Å²) in [5.41, 5.74) is 10.7. The summed E-state index contributed by atoms with van der Waals surface area (Å²) in [6, 6.07) is 15.4. The van der Waals surface area contributed by atoms with Crippen molar-refractivity contribution < 1.29 is 9.47 Å². The first kappa shape index (κ1) is 17.7. The first-order valence-corrected chi connectivity index (χ1v) is 9.45. The zero-order valence-corrected chi connectivity index (χ0v) is 16.2. The number of nitrogens with zero attached hydrogens (tertiary/aromatic N) is 2. The first-order valence-electron chi connectivity index (χ1n) is 9.45. The van der Waals surface area contributed by atoms with E-state index >= 15 is 0 Å². The van der Waals surface area contributed by atoms with E-state index in [-0.39, 0.29) is 0 Å². The van der Waals surface area contributed by atoms with Crippen LogP contribution in [0.5, 0.6) is 11.5 Å². The van der Waals surface area contributed by atoms with Crippen LogP contribution >= 0.6 is 0 Å². The highest BCUT2D eigenvalue weighted by Gasteiger charge is 2.17. The van der Waals surface area contributed by atoms with Gasteiger partial charge in [-0.3, -0.25) is 0 Å². The molecule has 0 spiro atoms. The molecule has 5 heteroatoms. The summed E-state index contributed by atoms with van der Waals surface area (Å²) in [5.74, 6) is 1.49. The van der Waals surface area contributed by atoms with Gasteiger partial charge in [-0.1, -0.05) is 0 Å². The van der Waals surface area contributed by atoms with E-state index in [1.165, 1.54) is 11.4 Å². The van der Waals surface area contributed by atoms with E-state index in [4.69, 9.17) is 15.2 Å². The van der Waals surface area contributed by atoms with Gasteiger partial charge in [0.15, 0.2) is 11.5 Å². The van der Waals surface area contributed by atoms with Crippen molar-refractivity contribution in [2.45, 2.75) is 25.8 Å². The van der Waals surface area contributed by atoms with Gasteiger partial charge in [-0.25, -0.2) is 0 Å². The summed E-state index contributed by atoms with van der Waals surface area (Å²) in [5, 5.41) is 1.14. The van der Waals surface area contributed by atoms with Crippen molar-refractivity contribution >= 4 is 16.6 Å². The zero-order valence-electron chi connectivity index (χ0n) is 16.2. The smallest absolute Gasteiger partial charge is 0.162 e. The fourth-order valence-electron chi connectivity index (χ4n) is 3.99. The highest BCUT2D eigenvalue weighted by Crippen LogP contribution is 2.35. The van der Waals surface area contributed by atoms with Crippen LogP contribution in [-0.4, -0.2) is 37.9 Å². The number of ether oxygens (including phenoxy) is 2. The first-order chi connectivity index (χ1) is 13.1. The maximum Gasteiger partial charge on any atom is 0.162 e. The Kier molecular flexibility index (Phi) is 4.70. The van der Waals surface area contributed by atoms with Gasteiger partial charge in [0, 0.05) is 47.7 Å². The molecule has 2 aromatic carbocycles.